The Labute approximate surface area is 95.8 Å². The second-order valence-corrected chi connectivity index (χ2v) is 4.77. The van der Waals surface area contributed by atoms with E-state index in [-0.39, 0.29) is 6.04 Å². The molecule has 1 unspecified atom stereocenters. The van der Waals surface area contributed by atoms with Crippen LogP contribution < -0.4 is 11.3 Å². The molecule has 0 amide bonds. The SMILES string of the molecule is Cc1cc(Cl)ccc1C(NN)C1CCC1. The summed E-state index contributed by atoms with van der Waals surface area (Å²) in [5.74, 6) is 6.33. The Kier molecular flexibility index (Phi) is 3.29. The molecule has 0 heterocycles. The molecule has 15 heavy (non-hydrogen) atoms. The number of benzene rings is 1. The van der Waals surface area contributed by atoms with Crippen LogP contribution in [0.4, 0.5) is 0 Å². The number of nitrogens with two attached hydrogens (primary N) is 1. The van der Waals surface area contributed by atoms with Crippen LogP contribution in [-0.2, 0) is 0 Å². The van der Waals surface area contributed by atoms with E-state index in [1.165, 1.54) is 30.4 Å². The summed E-state index contributed by atoms with van der Waals surface area (Å²) in [5, 5.41) is 0.792. The molecule has 0 radical (unpaired) electrons. The van der Waals surface area contributed by atoms with Crippen molar-refractivity contribution in [3.8, 4) is 0 Å². The normalized spacial score (nSPS) is 18.6. The molecule has 2 nitrogen and oxygen atoms in total. The second kappa shape index (κ2) is 4.52. The number of hydrogen-bond acceptors (Lipinski definition) is 2. The molecular weight excluding hydrogens is 208 g/mol. The molecule has 1 fully saturated rings. The molecule has 82 valence electrons. The van der Waals surface area contributed by atoms with Gasteiger partial charge in [-0.05, 0) is 48.9 Å². The number of aryl methyl sites for hydroxylation is 1. The van der Waals surface area contributed by atoms with E-state index >= 15 is 0 Å². The molecule has 0 aliphatic heterocycles. The largest absolute Gasteiger partial charge is 0.271 e. The standard InChI is InChI=1S/C12H17ClN2/c1-8-7-10(13)5-6-11(8)12(15-14)9-3-2-4-9/h5-7,9,12,15H,2-4,14H2,1H3. The molecule has 0 aromatic heterocycles. The fourth-order valence-electron chi connectivity index (χ4n) is 2.24. The number of hydrogen-bond donors (Lipinski definition) is 2. The number of nitrogens with one attached hydrogen (secondary N) is 1. The summed E-state index contributed by atoms with van der Waals surface area (Å²) < 4.78 is 0. The lowest BCUT2D eigenvalue weighted by Crippen LogP contribution is -2.36. The summed E-state index contributed by atoms with van der Waals surface area (Å²) in [7, 11) is 0. The third kappa shape index (κ3) is 2.17. The molecule has 1 aliphatic rings. The fraction of sp³-hybridized carbons (Fsp3) is 0.500. The first-order valence-corrected chi connectivity index (χ1v) is 5.82. The van der Waals surface area contributed by atoms with E-state index in [1.807, 2.05) is 12.1 Å². The van der Waals surface area contributed by atoms with Crippen LogP contribution in [-0.4, -0.2) is 0 Å². The average molecular weight is 225 g/mol. The Morgan fingerprint density at radius 3 is 2.67 bits per heavy atom. The maximum absolute atomic E-state index is 5.94. The third-order valence-electron chi connectivity index (χ3n) is 3.37. The van der Waals surface area contributed by atoms with Gasteiger partial charge in [-0.15, -0.1) is 0 Å². The molecule has 2 rings (SSSR count). The quantitative estimate of drug-likeness (QED) is 0.612. The molecule has 1 aromatic carbocycles. The molecule has 0 spiro atoms. The van der Waals surface area contributed by atoms with Gasteiger partial charge in [-0.25, -0.2) is 0 Å². The zero-order valence-corrected chi connectivity index (χ0v) is 9.72. The van der Waals surface area contributed by atoms with Gasteiger partial charge < -0.3 is 0 Å². The zero-order chi connectivity index (χ0) is 10.8. The van der Waals surface area contributed by atoms with Gasteiger partial charge in [0.1, 0.15) is 0 Å². The van der Waals surface area contributed by atoms with E-state index in [1.54, 1.807) is 0 Å². The first-order chi connectivity index (χ1) is 7.22. The highest BCUT2D eigenvalue weighted by Crippen LogP contribution is 2.38. The van der Waals surface area contributed by atoms with Crippen molar-refractivity contribution in [1.82, 2.24) is 5.43 Å². The van der Waals surface area contributed by atoms with E-state index < -0.39 is 0 Å². The van der Waals surface area contributed by atoms with Crippen LogP contribution in [0, 0.1) is 12.8 Å². The van der Waals surface area contributed by atoms with Gasteiger partial charge in [-0.2, -0.15) is 0 Å². The van der Waals surface area contributed by atoms with Crippen LogP contribution in [0.1, 0.15) is 36.4 Å². The van der Waals surface area contributed by atoms with Gasteiger partial charge in [-0.3, -0.25) is 11.3 Å². The predicted molar refractivity (Wildman–Crippen MR) is 63.6 cm³/mol. The van der Waals surface area contributed by atoms with Crippen LogP contribution in [0.2, 0.25) is 5.02 Å². The molecule has 1 atom stereocenters. The average Bonchev–Trinajstić information content (AvgIpc) is 2.12. The van der Waals surface area contributed by atoms with Crippen molar-refractivity contribution in [2.75, 3.05) is 0 Å². The minimum Gasteiger partial charge on any atom is -0.271 e. The minimum absolute atomic E-state index is 0.288. The van der Waals surface area contributed by atoms with E-state index in [4.69, 9.17) is 17.4 Å². The maximum Gasteiger partial charge on any atom is 0.0490 e. The van der Waals surface area contributed by atoms with Gasteiger partial charge in [0.25, 0.3) is 0 Å². The number of rotatable bonds is 3. The summed E-state index contributed by atoms with van der Waals surface area (Å²) in [4.78, 5) is 0. The lowest BCUT2D eigenvalue weighted by molar-refractivity contribution is 0.231. The van der Waals surface area contributed by atoms with E-state index in [2.05, 4.69) is 18.4 Å². The number of halogens is 1. The smallest absolute Gasteiger partial charge is 0.0490 e. The van der Waals surface area contributed by atoms with E-state index in [9.17, 15) is 0 Å². The first kappa shape index (κ1) is 10.9. The van der Waals surface area contributed by atoms with Gasteiger partial charge in [0.2, 0.25) is 0 Å². The molecule has 1 aromatic rings. The lowest BCUT2D eigenvalue weighted by atomic mass is 9.76. The lowest BCUT2D eigenvalue weighted by Gasteiger charge is -2.34. The van der Waals surface area contributed by atoms with Gasteiger partial charge >= 0.3 is 0 Å². The van der Waals surface area contributed by atoms with E-state index in [0.29, 0.717) is 5.92 Å². The molecule has 1 aliphatic carbocycles. The predicted octanol–water partition coefficient (Wildman–Crippen LogP) is 2.95. The monoisotopic (exact) mass is 224 g/mol. The Morgan fingerprint density at radius 1 is 1.47 bits per heavy atom. The van der Waals surface area contributed by atoms with Crippen LogP contribution >= 0.6 is 11.6 Å². The summed E-state index contributed by atoms with van der Waals surface area (Å²) in [6.45, 7) is 2.09. The van der Waals surface area contributed by atoms with Crippen LogP contribution in [0.25, 0.3) is 0 Å². The summed E-state index contributed by atoms with van der Waals surface area (Å²) in [6.07, 6.45) is 3.88. The van der Waals surface area contributed by atoms with E-state index in [0.717, 1.165) is 5.02 Å². The summed E-state index contributed by atoms with van der Waals surface area (Å²) in [6, 6.07) is 6.31. The van der Waals surface area contributed by atoms with Crippen molar-refractivity contribution >= 4 is 11.6 Å². The van der Waals surface area contributed by atoms with Crippen molar-refractivity contribution in [3.63, 3.8) is 0 Å². The fourth-order valence-corrected chi connectivity index (χ4v) is 2.47. The first-order valence-electron chi connectivity index (χ1n) is 5.44. The van der Waals surface area contributed by atoms with Crippen molar-refractivity contribution < 1.29 is 0 Å². The molecule has 1 saturated carbocycles. The zero-order valence-electron chi connectivity index (χ0n) is 8.96. The number of hydrazine groups is 1. The Hall–Kier alpha value is -0.570. The Bertz CT molecular complexity index is 347. The van der Waals surface area contributed by atoms with Gasteiger partial charge in [0.05, 0.1) is 0 Å². The van der Waals surface area contributed by atoms with Crippen LogP contribution in [0.15, 0.2) is 18.2 Å². The Balaban J connectivity index is 2.25. The van der Waals surface area contributed by atoms with Gasteiger partial charge in [0.15, 0.2) is 0 Å². The van der Waals surface area contributed by atoms with Crippen molar-refractivity contribution in [2.24, 2.45) is 11.8 Å². The molecule has 0 saturated heterocycles. The highest BCUT2D eigenvalue weighted by atomic mass is 35.5. The molecule has 3 heteroatoms. The highest BCUT2D eigenvalue weighted by Gasteiger charge is 2.28. The van der Waals surface area contributed by atoms with Gasteiger partial charge in [0, 0.05) is 11.1 Å². The topological polar surface area (TPSA) is 38.0 Å². The van der Waals surface area contributed by atoms with Crippen molar-refractivity contribution in [3.05, 3.63) is 34.3 Å². The summed E-state index contributed by atoms with van der Waals surface area (Å²) >= 11 is 5.94. The molecule has 0 bridgehead atoms. The van der Waals surface area contributed by atoms with Crippen LogP contribution in [0.5, 0.6) is 0 Å². The van der Waals surface area contributed by atoms with Crippen LogP contribution in [0.3, 0.4) is 0 Å². The highest BCUT2D eigenvalue weighted by molar-refractivity contribution is 6.30. The molecule has 3 N–H and O–H groups in total. The van der Waals surface area contributed by atoms with Crippen molar-refractivity contribution in [2.45, 2.75) is 32.2 Å². The van der Waals surface area contributed by atoms with Gasteiger partial charge in [-0.1, -0.05) is 24.1 Å². The second-order valence-electron chi connectivity index (χ2n) is 4.34. The Morgan fingerprint density at radius 2 is 2.20 bits per heavy atom. The maximum atomic E-state index is 5.94. The molecular formula is C12H17ClN2. The third-order valence-corrected chi connectivity index (χ3v) is 3.60. The van der Waals surface area contributed by atoms with Crippen molar-refractivity contribution in [1.29, 1.82) is 0 Å². The minimum atomic E-state index is 0.288. The summed E-state index contributed by atoms with van der Waals surface area (Å²) in [5.41, 5.74) is 5.44.